The molecule has 0 bridgehead atoms. The van der Waals surface area contributed by atoms with Crippen LogP contribution in [0.3, 0.4) is 0 Å². The number of ether oxygens (including phenoxy) is 1. The van der Waals surface area contributed by atoms with Gasteiger partial charge in [-0.15, -0.1) is 11.3 Å². The first-order chi connectivity index (χ1) is 14.4. The Hall–Kier alpha value is -2.84. The third kappa shape index (κ3) is 3.93. The molecule has 30 heavy (non-hydrogen) atoms. The summed E-state index contributed by atoms with van der Waals surface area (Å²) in [6.07, 6.45) is 2.45. The fourth-order valence-corrected chi connectivity index (χ4v) is 4.22. The molecule has 1 aliphatic rings. The predicted octanol–water partition coefficient (Wildman–Crippen LogP) is 3.68. The Morgan fingerprint density at radius 3 is 2.83 bits per heavy atom. The molecule has 1 unspecified atom stereocenters. The number of methoxy groups -OCH3 is 1. The van der Waals surface area contributed by atoms with Crippen molar-refractivity contribution in [2.45, 2.75) is 31.8 Å². The monoisotopic (exact) mass is 424 g/mol. The number of aromatic nitrogens is 2. The Bertz CT molecular complexity index is 1080. The summed E-state index contributed by atoms with van der Waals surface area (Å²) in [6, 6.07) is 9.46. The van der Waals surface area contributed by atoms with Crippen molar-refractivity contribution in [1.82, 2.24) is 14.9 Å². The lowest BCUT2D eigenvalue weighted by Crippen LogP contribution is -2.45. The van der Waals surface area contributed by atoms with Crippen molar-refractivity contribution < 1.29 is 14.3 Å². The molecule has 3 aromatic rings. The van der Waals surface area contributed by atoms with Gasteiger partial charge in [0, 0.05) is 48.8 Å². The Balaban J connectivity index is 1.64. The van der Waals surface area contributed by atoms with Crippen LogP contribution in [0.25, 0.3) is 10.9 Å². The van der Waals surface area contributed by atoms with Crippen LogP contribution in [-0.4, -0.2) is 52.5 Å². The van der Waals surface area contributed by atoms with Gasteiger partial charge in [0.15, 0.2) is 5.13 Å². The van der Waals surface area contributed by atoms with E-state index in [0.29, 0.717) is 23.8 Å². The van der Waals surface area contributed by atoms with Gasteiger partial charge >= 0.3 is 0 Å². The fourth-order valence-electron chi connectivity index (χ4n) is 3.70. The number of nitrogens with zero attached hydrogens (tertiary/aromatic N) is 3. The molecule has 0 aliphatic carbocycles. The van der Waals surface area contributed by atoms with Gasteiger partial charge in [-0.05, 0) is 32.4 Å². The van der Waals surface area contributed by atoms with Crippen LogP contribution in [0, 0.1) is 0 Å². The third-order valence-corrected chi connectivity index (χ3v) is 6.24. The number of carbonyl (C=O) groups is 2. The summed E-state index contributed by atoms with van der Waals surface area (Å²) in [4.78, 5) is 36.5. The minimum Gasteiger partial charge on any atom is -0.369 e. The van der Waals surface area contributed by atoms with E-state index >= 15 is 0 Å². The quantitative estimate of drug-likeness (QED) is 0.675. The van der Waals surface area contributed by atoms with E-state index < -0.39 is 5.60 Å². The van der Waals surface area contributed by atoms with Crippen LogP contribution in [0.4, 0.5) is 5.13 Å². The number of anilines is 1. The zero-order chi connectivity index (χ0) is 21.3. The lowest BCUT2D eigenvalue weighted by atomic mass is 9.99. The van der Waals surface area contributed by atoms with Crippen molar-refractivity contribution in [2.24, 2.45) is 0 Å². The molecule has 2 aromatic heterocycles. The zero-order valence-corrected chi connectivity index (χ0v) is 18.0. The van der Waals surface area contributed by atoms with Crippen molar-refractivity contribution >= 4 is 39.2 Å². The number of rotatable bonds is 5. The summed E-state index contributed by atoms with van der Waals surface area (Å²) < 4.78 is 5.35. The second kappa shape index (κ2) is 8.12. The number of benzene rings is 1. The summed E-state index contributed by atoms with van der Waals surface area (Å²) in [5.41, 5.74) is 1.29. The molecule has 1 aliphatic heterocycles. The molecular formula is C22H24N4O3S. The predicted molar refractivity (Wildman–Crippen MR) is 117 cm³/mol. The third-order valence-electron chi connectivity index (χ3n) is 5.55. The van der Waals surface area contributed by atoms with E-state index in [1.165, 1.54) is 11.3 Å². The van der Waals surface area contributed by atoms with Gasteiger partial charge in [0.25, 0.3) is 11.8 Å². The van der Waals surface area contributed by atoms with Crippen LogP contribution >= 0.6 is 11.3 Å². The molecule has 1 N–H and O–H groups in total. The summed E-state index contributed by atoms with van der Waals surface area (Å²) >= 11 is 1.37. The Labute approximate surface area is 179 Å². The smallest absolute Gasteiger partial charge is 0.258 e. The number of fused-ring (bicyclic) bond motifs is 1. The van der Waals surface area contributed by atoms with Gasteiger partial charge in [0.2, 0.25) is 0 Å². The van der Waals surface area contributed by atoms with Gasteiger partial charge in [-0.2, -0.15) is 0 Å². The lowest BCUT2D eigenvalue weighted by Gasteiger charge is -2.28. The van der Waals surface area contributed by atoms with Crippen molar-refractivity contribution in [2.75, 3.05) is 25.5 Å². The van der Waals surface area contributed by atoms with Crippen molar-refractivity contribution in [3.8, 4) is 0 Å². The number of hydrogen-bond acceptors (Lipinski definition) is 6. The minimum atomic E-state index is -0.857. The summed E-state index contributed by atoms with van der Waals surface area (Å²) in [7, 11) is 1.55. The highest BCUT2D eigenvalue weighted by atomic mass is 32.1. The fraction of sp³-hybridized carbons (Fsp3) is 0.364. The lowest BCUT2D eigenvalue weighted by molar-refractivity contribution is -0.149. The van der Waals surface area contributed by atoms with E-state index in [1.807, 2.05) is 40.6 Å². The number of nitrogens with one attached hydrogen (secondary N) is 1. The topological polar surface area (TPSA) is 84.4 Å². The molecule has 8 heteroatoms. The van der Waals surface area contributed by atoms with E-state index in [9.17, 15) is 9.59 Å². The number of pyridine rings is 1. The molecule has 1 saturated heterocycles. The maximum Gasteiger partial charge on any atom is 0.258 e. The number of carbonyl (C=O) groups excluding carboxylic acids is 2. The van der Waals surface area contributed by atoms with E-state index in [4.69, 9.17) is 9.72 Å². The molecule has 4 rings (SSSR count). The highest BCUT2D eigenvalue weighted by Crippen LogP contribution is 2.31. The second-order valence-corrected chi connectivity index (χ2v) is 8.75. The number of para-hydroxylation sites is 1. The summed E-state index contributed by atoms with van der Waals surface area (Å²) in [5, 5.41) is 6.03. The maximum atomic E-state index is 13.0. The Kier molecular flexibility index (Phi) is 5.53. The van der Waals surface area contributed by atoms with Crippen LogP contribution in [0.2, 0.25) is 0 Å². The first kappa shape index (κ1) is 20.4. The van der Waals surface area contributed by atoms with Crippen LogP contribution < -0.4 is 5.32 Å². The number of amides is 2. The molecule has 1 fully saturated rings. The molecule has 0 radical (unpaired) electrons. The minimum absolute atomic E-state index is 0.0324. The molecule has 2 amide bonds. The largest absolute Gasteiger partial charge is 0.369 e. The normalized spacial score (nSPS) is 16.8. The Morgan fingerprint density at radius 1 is 1.30 bits per heavy atom. The average molecular weight is 425 g/mol. The average Bonchev–Trinajstić information content (AvgIpc) is 3.44. The van der Waals surface area contributed by atoms with Gasteiger partial charge in [0.1, 0.15) is 5.60 Å². The van der Waals surface area contributed by atoms with Crippen molar-refractivity contribution in [3.63, 3.8) is 0 Å². The zero-order valence-electron chi connectivity index (χ0n) is 17.2. The van der Waals surface area contributed by atoms with Gasteiger partial charge in [-0.25, -0.2) is 4.98 Å². The van der Waals surface area contributed by atoms with Gasteiger partial charge in [-0.3, -0.25) is 19.9 Å². The molecule has 7 nitrogen and oxygen atoms in total. The van der Waals surface area contributed by atoms with Crippen LogP contribution in [-0.2, 0) is 9.53 Å². The van der Waals surface area contributed by atoms with E-state index in [0.717, 1.165) is 23.0 Å². The van der Waals surface area contributed by atoms with Gasteiger partial charge < -0.3 is 9.64 Å². The second-order valence-electron chi connectivity index (χ2n) is 7.85. The molecule has 0 saturated carbocycles. The van der Waals surface area contributed by atoms with Crippen molar-refractivity contribution in [1.29, 1.82) is 0 Å². The summed E-state index contributed by atoms with van der Waals surface area (Å²) in [6.45, 7) is 4.76. The van der Waals surface area contributed by atoms with Crippen LogP contribution in [0.5, 0.6) is 0 Å². The maximum absolute atomic E-state index is 13.0. The van der Waals surface area contributed by atoms with Gasteiger partial charge in [0.05, 0.1) is 11.1 Å². The highest BCUT2D eigenvalue weighted by Gasteiger charge is 2.37. The molecule has 1 aromatic carbocycles. The van der Waals surface area contributed by atoms with Crippen LogP contribution in [0.15, 0.2) is 41.9 Å². The molecule has 156 valence electrons. The van der Waals surface area contributed by atoms with Crippen LogP contribution in [0.1, 0.15) is 42.2 Å². The highest BCUT2D eigenvalue weighted by molar-refractivity contribution is 7.13. The first-order valence-electron chi connectivity index (χ1n) is 9.84. The number of hydrogen-bond donors (Lipinski definition) is 1. The van der Waals surface area contributed by atoms with Crippen molar-refractivity contribution in [3.05, 3.63) is 53.2 Å². The first-order valence-corrected chi connectivity index (χ1v) is 10.7. The van der Waals surface area contributed by atoms with E-state index in [-0.39, 0.29) is 17.7 Å². The standard InChI is InChI=1S/C22H24N4O3S/c1-22(2,29-3)20(28)26-10-8-14(13-26)18-12-16(15-6-4-5-7-17(15)24-18)19(27)25-21-23-9-11-30-21/h4-7,9,11-12,14H,8,10,13H2,1-3H3,(H,23,25,27). The molecular weight excluding hydrogens is 400 g/mol. The number of thiazole rings is 1. The summed E-state index contributed by atoms with van der Waals surface area (Å²) in [5.74, 6) is -0.177. The SMILES string of the molecule is COC(C)(C)C(=O)N1CCC(c2cc(C(=O)Nc3nccs3)c3ccccc3n2)C1. The molecule has 1 atom stereocenters. The van der Waals surface area contributed by atoms with E-state index in [1.54, 1.807) is 27.2 Å². The molecule has 0 spiro atoms. The van der Waals surface area contributed by atoms with E-state index in [2.05, 4.69) is 10.3 Å². The van der Waals surface area contributed by atoms with Gasteiger partial charge in [-0.1, -0.05) is 18.2 Å². The molecule has 3 heterocycles. The number of likely N-dealkylation sites (tertiary alicyclic amines) is 1. The Morgan fingerprint density at radius 2 is 2.10 bits per heavy atom.